The Bertz CT molecular complexity index is 258. The van der Waals surface area contributed by atoms with Crippen LogP contribution in [0.2, 0.25) is 0 Å². The molecule has 0 aromatic heterocycles. The van der Waals surface area contributed by atoms with E-state index in [-0.39, 0.29) is 6.61 Å². The summed E-state index contributed by atoms with van der Waals surface area (Å²) in [6.07, 6.45) is 5.95. The average Bonchev–Trinajstić information content (AvgIpc) is 2.14. The van der Waals surface area contributed by atoms with Gasteiger partial charge >= 0.3 is 0 Å². The molecule has 0 radical (unpaired) electrons. The molecule has 0 aromatic carbocycles. The van der Waals surface area contributed by atoms with E-state index < -0.39 is 11.0 Å². The highest BCUT2D eigenvalue weighted by Gasteiger charge is 2.07. The van der Waals surface area contributed by atoms with E-state index in [2.05, 4.69) is 4.72 Å². The molecule has 2 N–H and O–H groups in total. The van der Waals surface area contributed by atoms with Crippen molar-refractivity contribution in [3.8, 4) is 0 Å². The van der Waals surface area contributed by atoms with Gasteiger partial charge in [-0.15, -0.1) is 0 Å². The summed E-state index contributed by atoms with van der Waals surface area (Å²) in [6, 6.07) is 0. The van der Waals surface area contributed by atoms with Gasteiger partial charge in [-0.3, -0.25) is 0 Å². The van der Waals surface area contributed by atoms with Crippen LogP contribution in [0.5, 0.6) is 0 Å². The minimum Gasteiger partial charge on any atom is -0.395 e. The topological polar surface area (TPSA) is 49.3 Å². The molecule has 0 saturated carbocycles. The Morgan fingerprint density at radius 2 is 2.46 bits per heavy atom. The maximum Gasteiger partial charge on any atom is 0.124 e. The molecule has 1 aliphatic rings. The van der Waals surface area contributed by atoms with Crippen LogP contribution in [-0.4, -0.2) is 22.5 Å². The van der Waals surface area contributed by atoms with Gasteiger partial charge in [0.05, 0.1) is 11.5 Å². The molecule has 74 valence electrons. The van der Waals surface area contributed by atoms with Crippen molar-refractivity contribution in [2.24, 2.45) is 0 Å². The molecule has 4 heteroatoms. The lowest BCUT2D eigenvalue weighted by atomic mass is 10.1. The number of allylic oxidation sites excluding steroid dienone is 3. The Morgan fingerprint density at radius 1 is 1.69 bits per heavy atom. The molecule has 13 heavy (non-hydrogen) atoms. The Balaban J connectivity index is 2.52. The number of aliphatic hydroxyl groups excluding tert-OH is 1. The Morgan fingerprint density at radius 3 is 3.08 bits per heavy atom. The summed E-state index contributed by atoms with van der Waals surface area (Å²) in [5, 5.41) is 8.53. The van der Waals surface area contributed by atoms with Gasteiger partial charge in [-0.25, -0.2) is 8.93 Å². The molecule has 1 atom stereocenters. The second-order valence-electron chi connectivity index (χ2n) is 3.02. The molecule has 0 aromatic rings. The quantitative estimate of drug-likeness (QED) is 0.708. The van der Waals surface area contributed by atoms with Crippen molar-refractivity contribution in [3.05, 3.63) is 22.6 Å². The van der Waals surface area contributed by atoms with Crippen molar-refractivity contribution in [2.75, 3.05) is 13.2 Å². The molecule has 3 nitrogen and oxygen atoms in total. The van der Waals surface area contributed by atoms with Crippen LogP contribution in [-0.2, 0) is 11.0 Å². The predicted molar refractivity (Wildman–Crippen MR) is 54.3 cm³/mol. The van der Waals surface area contributed by atoms with Crippen molar-refractivity contribution >= 4 is 11.0 Å². The molecule has 1 aliphatic carbocycles. The fraction of sp³-hybridized carbons (Fsp3) is 0.556. The Kier molecular flexibility index (Phi) is 4.35. The van der Waals surface area contributed by atoms with E-state index in [4.69, 9.17) is 5.11 Å². The maximum absolute atomic E-state index is 11.5. The fourth-order valence-electron chi connectivity index (χ4n) is 1.17. The van der Waals surface area contributed by atoms with Crippen LogP contribution in [0.4, 0.5) is 0 Å². The number of hydrogen-bond acceptors (Lipinski definition) is 2. The third-order valence-corrected chi connectivity index (χ3v) is 3.01. The first-order valence-electron chi connectivity index (χ1n) is 4.37. The van der Waals surface area contributed by atoms with Crippen LogP contribution in [0.1, 0.15) is 19.8 Å². The number of hydrogen-bond donors (Lipinski definition) is 2. The van der Waals surface area contributed by atoms with E-state index in [0.29, 0.717) is 6.54 Å². The molecular formula is C9H15NO2S. The highest BCUT2D eigenvalue weighted by atomic mass is 32.2. The molecule has 1 rings (SSSR count). The molecular weight excluding hydrogens is 186 g/mol. The van der Waals surface area contributed by atoms with Gasteiger partial charge in [-0.2, -0.15) is 0 Å². The van der Waals surface area contributed by atoms with Crippen molar-refractivity contribution in [1.29, 1.82) is 0 Å². The zero-order valence-electron chi connectivity index (χ0n) is 7.75. The Labute approximate surface area is 81.1 Å². The molecule has 1 unspecified atom stereocenters. The van der Waals surface area contributed by atoms with E-state index in [1.165, 1.54) is 5.57 Å². The molecule has 0 fully saturated rings. The van der Waals surface area contributed by atoms with Crippen LogP contribution in [0.15, 0.2) is 22.6 Å². The summed E-state index contributed by atoms with van der Waals surface area (Å²) in [4.78, 5) is 0.831. The second-order valence-corrected chi connectivity index (χ2v) is 4.32. The highest BCUT2D eigenvalue weighted by Crippen LogP contribution is 2.17. The monoisotopic (exact) mass is 201 g/mol. The molecule has 0 heterocycles. The third kappa shape index (κ3) is 3.42. The van der Waals surface area contributed by atoms with Crippen molar-refractivity contribution < 1.29 is 9.32 Å². The summed E-state index contributed by atoms with van der Waals surface area (Å²) in [7, 11) is -1.15. The SMILES string of the molecule is CC1=CC(S(=O)NCCO)=CCC1. The van der Waals surface area contributed by atoms with Gasteiger partial charge in [-0.05, 0) is 25.8 Å². The first kappa shape index (κ1) is 10.6. The van der Waals surface area contributed by atoms with Gasteiger partial charge in [0, 0.05) is 6.54 Å². The summed E-state index contributed by atoms with van der Waals surface area (Å²) in [6.45, 7) is 2.43. The van der Waals surface area contributed by atoms with E-state index >= 15 is 0 Å². The first-order chi connectivity index (χ1) is 6.24. The van der Waals surface area contributed by atoms with E-state index in [1.54, 1.807) is 0 Å². The summed E-state index contributed by atoms with van der Waals surface area (Å²) >= 11 is 0. The smallest absolute Gasteiger partial charge is 0.124 e. The van der Waals surface area contributed by atoms with Crippen molar-refractivity contribution in [3.63, 3.8) is 0 Å². The lowest BCUT2D eigenvalue weighted by molar-refractivity contribution is 0.302. The fourth-order valence-corrected chi connectivity index (χ4v) is 2.19. The zero-order chi connectivity index (χ0) is 9.68. The second kappa shape index (κ2) is 5.32. The van der Waals surface area contributed by atoms with Crippen LogP contribution >= 0.6 is 0 Å². The van der Waals surface area contributed by atoms with Crippen LogP contribution in [0, 0.1) is 0 Å². The van der Waals surface area contributed by atoms with E-state index in [9.17, 15) is 4.21 Å². The molecule has 0 bridgehead atoms. The summed E-state index contributed by atoms with van der Waals surface area (Å²) in [5.41, 5.74) is 1.26. The minimum absolute atomic E-state index is 0.0156. The molecule has 0 spiro atoms. The lowest BCUT2D eigenvalue weighted by Gasteiger charge is -2.10. The standard InChI is InChI=1S/C9H15NO2S/c1-8-3-2-4-9(7-8)13(12)10-5-6-11/h4,7,10-11H,2-3,5-6H2,1H3. The number of nitrogens with one attached hydrogen (secondary N) is 1. The molecule has 0 aliphatic heterocycles. The zero-order valence-corrected chi connectivity index (χ0v) is 8.56. The third-order valence-electron chi connectivity index (χ3n) is 1.83. The Hall–Kier alpha value is -0.450. The van der Waals surface area contributed by atoms with Gasteiger partial charge in [0.25, 0.3) is 0 Å². The van der Waals surface area contributed by atoms with Crippen LogP contribution in [0.3, 0.4) is 0 Å². The largest absolute Gasteiger partial charge is 0.395 e. The van der Waals surface area contributed by atoms with Crippen molar-refractivity contribution in [1.82, 2.24) is 4.72 Å². The number of rotatable bonds is 4. The first-order valence-corrected chi connectivity index (χ1v) is 5.52. The van der Waals surface area contributed by atoms with Gasteiger partial charge in [0.1, 0.15) is 11.0 Å². The van der Waals surface area contributed by atoms with Gasteiger partial charge in [-0.1, -0.05) is 11.6 Å². The normalized spacial score (nSPS) is 19.2. The van der Waals surface area contributed by atoms with E-state index in [0.717, 1.165) is 17.7 Å². The average molecular weight is 201 g/mol. The molecule has 0 amide bonds. The highest BCUT2D eigenvalue weighted by molar-refractivity contribution is 7.87. The van der Waals surface area contributed by atoms with E-state index in [1.807, 2.05) is 19.1 Å². The minimum atomic E-state index is -1.15. The predicted octanol–water partition coefficient (Wildman–Crippen LogP) is 0.856. The van der Waals surface area contributed by atoms with Crippen molar-refractivity contribution in [2.45, 2.75) is 19.8 Å². The van der Waals surface area contributed by atoms with Crippen LogP contribution in [0.25, 0.3) is 0 Å². The molecule has 0 saturated heterocycles. The van der Waals surface area contributed by atoms with Gasteiger partial charge in [0.15, 0.2) is 0 Å². The summed E-state index contributed by atoms with van der Waals surface area (Å²) < 4.78 is 14.2. The summed E-state index contributed by atoms with van der Waals surface area (Å²) in [5.74, 6) is 0. The van der Waals surface area contributed by atoms with Crippen LogP contribution < -0.4 is 4.72 Å². The van der Waals surface area contributed by atoms with Gasteiger partial charge < -0.3 is 5.11 Å². The number of aliphatic hydroxyl groups is 1. The van der Waals surface area contributed by atoms with Gasteiger partial charge in [0.2, 0.25) is 0 Å². The lowest BCUT2D eigenvalue weighted by Crippen LogP contribution is -2.22. The maximum atomic E-state index is 11.5.